The van der Waals surface area contributed by atoms with Crippen LogP contribution < -0.4 is 5.73 Å². The molecule has 3 aromatic rings. The highest BCUT2D eigenvalue weighted by atomic mass is 32.2. The molecule has 4 heterocycles. The first-order valence-corrected chi connectivity index (χ1v) is 11.5. The Morgan fingerprint density at radius 1 is 1.38 bits per heavy atom. The molecule has 0 aromatic carbocycles. The third-order valence-electron chi connectivity index (χ3n) is 4.37. The maximum Gasteiger partial charge on any atom is 0.253 e. The molecule has 3 aromatic heterocycles. The van der Waals surface area contributed by atoms with Crippen molar-refractivity contribution >= 4 is 52.0 Å². The zero-order valence-corrected chi connectivity index (χ0v) is 18.0. The number of aromatic nitrogens is 1. The summed E-state index contributed by atoms with van der Waals surface area (Å²) in [5, 5.41) is 8.12. The molecule has 7 nitrogen and oxygen atoms in total. The zero-order valence-electron chi connectivity index (χ0n) is 15.5. The summed E-state index contributed by atoms with van der Waals surface area (Å²) in [5.41, 5.74) is 6.82. The van der Waals surface area contributed by atoms with Gasteiger partial charge in [0.1, 0.15) is 11.5 Å². The van der Waals surface area contributed by atoms with Crippen molar-refractivity contribution in [3.8, 4) is 0 Å². The van der Waals surface area contributed by atoms with Crippen molar-refractivity contribution in [2.24, 2.45) is 10.8 Å². The number of hydrogen-bond donors (Lipinski definition) is 1. The number of primary amides is 1. The highest BCUT2D eigenvalue weighted by Crippen LogP contribution is 2.36. The second-order valence-corrected chi connectivity index (χ2v) is 9.70. The Morgan fingerprint density at radius 2 is 2.24 bits per heavy atom. The van der Waals surface area contributed by atoms with E-state index in [0.717, 1.165) is 25.5 Å². The fraction of sp³-hybridized carbons (Fsp3) is 0.263. The third-order valence-corrected chi connectivity index (χ3v) is 7.63. The number of hydrazone groups is 1. The first kappa shape index (κ1) is 19.9. The van der Waals surface area contributed by atoms with E-state index in [1.165, 1.54) is 23.1 Å². The van der Waals surface area contributed by atoms with Gasteiger partial charge in [-0.1, -0.05) is 17.8 Å². The Kier molecular flexibility index (Phi) is 5.84. The van der Waals surface area contributed by atoms with Crippen LogP contribution in [0.2, 0.25) is 0 Å². The Morgan fingerprint density at radius 3 is 2.93 bits per heavy atom. The molecular weight excluding hydrogens is 428 g/mol. The summed E-state index contributed by atoms with van der Waals surface area (Å²) in [6.45, 7) is 1.84. The van der Waals surface area contributed by atoms with Crippen LogP contribution in [0.25, 0.3) is 0 Å². The maximum absolute atomic E-state index is 13.0. The number of carbonyl (C=O) groups is 2. The van der Waals surface area contributed by atoms with Crippen LogP contribution in [0.1, 0.15) is 33.7 Å². The van der Waals surface area contributed by atoms with E-state index in [1.54, 1.807) is 22.6 Å². The number of hydrogen-bond acceptors (Lipinski definition) is 8. The number of nitrogens with zero attached hydrogens (tertiary/aromatic N) is 3. The molecular formula is C19H18N4O3S3. The number of amides is 2. The monoisotopic (exact) mass is 446 g/mol. The number of thioether (sulfide) groups is 1. The van der Waals surface area contributed by atoms with E-state index in [-0.39, 0.29) is 30.0 Å². The lowest BCUT2D eigenvalue weighted by Gasteiger charge is -2.20. The van der Waals surface area contributed by atoms with Crippen LogP contribution in [0.15, 0.2) is 49.8 Å². The smallest absolute Gasteiger partial charge is 0.253 e. The number of rotatable bonds is 7. The molecule has 0 saturated carbocycles. The average Bonchev–Trinajstić information content (AvgIpc) is 3.46. The van der Waals surface area contributed by atoms with Gasteiger partial charge >= 0.3 is 0 Å². The van der Waals surface area contributed by atoms with Crippen LogP contribution >= 0.6 is 34.4 Å². The van der Waals surface area contributed by atoms with Crippen molar-refractivity contribution in [2.45, 2.75) is 30.1 Å². The van der Waals surface area contributed by atoms with Crippen LogP contribution in [-0.2, 0) is 16.0 Å². The van der Waals surface area contributed by atoms with E-state index in [9.17, 15) is 9.59 Å². The number of thiazole rings is 1. The van der Waals surface area contributed by atoms with E-state index in [1.807, 2.05) is 36.6 Å². The van der Waals surface area contributed by atoms with Crippen molar-refractivity contribution in [1.82, 2.24) is 9.99 Å². The van der Waals surface area contributed by atoms with Gasteiger partial charge in [-0.3, -0.25) is 9.59 Å². The van der Waals surface area contributed by atoms with E-state index in [0.29, 0.717) is 12.2 Å². The molecule has 0 saturated heterocycles. The Hall–Kier alpha value is -2.43. The Balaban J connectivity index is 1.49. The number of thiophene rings is 1. The topological polar surface area (TPSA) is 102 Å². The summed E-state index contributed by atoms with van der Waals surface area (Å²) in [6.07, 6.45) is 2.39. The summed E-state index contributed by atoms with van der Waals surface area (Å²) in [5.74, 6) is 0.403. The third kappa shape index (κ3) is 4.44. The predicted octanol–water partition coefficient (Wildman–Crippen LogP) is 3.60. The second kappa shape index (κ2) is 8.52. The maximum atomic E-state index is 13.0. The van der Waals surface area contributed by atoms with Gasteiger partial charge in [0.2, 0.25) is 5.91 Å². The van der Waals surface area contributed by atoms with Crippen LogP contribution in [0.3, 0.4) is 0 Å². The summed E-state index contributed by atoms with van der Waals surface area (Å²) < 4.78 is 6.22. The molecule has 0 aliphatic carbocycles. The van der Waals surface area contributed by atoms with E-state index in [4.69, 9.17) is 10.2 Å². The molecule has 0 unspecified atom stereocenters. The number of carbonyl (C=O) groups excluding carboxylic acids is 2. The molecule has 150 valence electrons. The van der Waals surface area contributed by atoms with Crippen molar-refractivity contribution in [3.05, 3.63) is 57.1 Å². The van der Waals surface area contributed by atoms with Gasteiger partial charge in [0, 0.05) is 16.2 Å². The van der Waals surface area contributed by atoms with Crippen LogP contribution in [0, 0.1) is 6.92 Å². The minimum absolute atomic E-state index is 0.0979. The molecule has 2 N–H and O–H groups in total. The largest absolute Gasteiger partial charge is 0.463 e. The molecule has 1 atom stereocenters. The molecule has 2 amide bonds. The van der Waals surface area contributed by atoms with E-state index < -0.39 is 0 Å². The van der Waals surface area contributed by atoms with Crippen molar-refractivity contribution < 1.29 is 14.0 Å². The molecule has 29 heavy (non-hydrogen) atoms. The normalized spacial score (nSPS) is 16.2. The average molecular weight is 447 g/mol. The fourth-order valence-electron chi connectivity index (χ4n) is 3.01. The molecule has 0 fully saturated rings. The van der Waals surface area contributed by atoms with Gasteiger partial charge in [-0.05, 0) is 30.5 Å². The minimum Gasteiger partial charge on any atom is -0.463 e. The first-order chi connectivity index (χ1) is 14.0. The van der Waals surface area contributed by atoms with E-state index >= 15 is 0 Å². The number of aryl methyl sites for hydroxylation is 1. The van der Waals surface area contributed by atoms with Crippen LogP contribution in [0.4, 0.5) is 0 Å². The molecule has 0 bridgehead atoms. The lowest BCUT2D eigenvalue weighted by Crippen LogP contribution is -2.28. The van der Waals surface area contributed by atoms with Crippen molar-refractivity contribution in [2.75, 3.05) is 5.75 Å². The van der Waals surface area contributed by atoms with Gasteiger partial charge in [0.05, 0.1) is 30.2 Å². The molecule has 10 heteroatoms. The second-order valence-electron chi connectivity index (χ2n) is 6.42. The van der Waals surface area contributed by atoms with Crippen molar-refractivity contribution in [3.63, 3.8) is 0 Å². The van der Waals surface area contributed by atoms with Crippen LogP contribution in [0.5, 0.6) is 0 Å². The Labute approximate surface area is 179 Å². The SMILES string of the molecule is Cc1nc(SCC(=O)N2N=C(c3ccco3)C[C@@H]2c2cccs2)sc1CC(N)=O. The first-order valence-electron chi connectivity index (χ1n) is 8.85. The van der Waals surface area contributed by atoms with Crippen LogP contribution in [-0.4, -0.2) is 33.3 Å². The predicted molar refractivity (Wildman–Crippen MR) is 114 cm³/mol. The lowest BCUT2D eigenvalue weighted by molar-refractivity contribution is -0.130. The zero-order chi connectivity index (χ0) is 20.4. The van der Waals surface area contributed by atoms with E-state index in [2.05, 4.69) is 10.1 Å². The lowest BCUT2D eigenvalue weighted by atomic mass is 10.1. The standard InChI is InChI=1S/C19H18N4O3S3/c1-11-16(9-17(20)24)29-19(21-11)28-10-18(25)23-13(15-5-3-7-27-15)8-12(22-23)14-4-2-6-26-14/h2-7,13H,8-10H2,1H3,(H2,20,24)/t13-/m1/s1. The van der Waals surface area contributed by atoms with Gasteiger partial charge in [0.15, 0.2) is 4.34 Å². The number of nitrogens with two attached hydrogens (primary N) is 1. The molecule has 1 aliphatic rings. The van der Waals surface area contributed by atoms with Gasteiger partial charge < -0.3 is 10.2 Å². The molecule has 1 aliphatic heterocycles. The quantitative estimate of drug-likeness (QED) is 0.559. The minimum atomic E-state index is -0.389. The van der Waals surface area contributed by atoms with Gasteiger partial charge in [-0.25, -0.2) is 9.99 Å². The number of furan rings is 1. The van der Waals surface area contributed by atoms with Gasteiger partial charge in [-0.15, -0.1) is 22.7 Å². The molecule has 0 spiro atoms. The molecule has 0 radical (unpaired) electrons. The highest BCUT2D eigenvalue weighted by molar-refractivity contribution is 8.01. The summed E-state index contributed by atoms with van der Waals surface area (Å²) in [4.78, 5) is 30.5. The van der Waals surface area contributed by atoms with Gasteiger partial charge in [0.25, 0.3) is 5.91 Å². The summed E-state index contributed by atoms with van der Waals surface area (Å²) in [6, 6.07) is 7.52. The summed E-state index contributed by atoms with van der Waals surface area (Å²) >= 11 is 4.36. The Bertz CT molecular complexity index is 1040. The highest BCUT2D eigenvalue weighted by Gasteiger charge is 2.34. The summed E-state index contributed by atoms with van der Waals surface area (Å²) in [7, 11) is 0. The molecule has 4 rings (SSSR count). The fourth-order valence-corrected chi connectivity index (χ4v) is 5.92. The van der Waals surface area contributed by atoms with Crippen molar-refractivity contribution in [1.29, 1.82) is 0 Å². The van der Waals surface area contributed by atoms with Gasteiger partial charge in [-0.2, -0.15) is 5.10 Å².